The van der Waals surface area contributed by atoms with E-state index in [-0.39, 0.29) is 18.2 Å². The summed E-state index contributed by atoms with van der Waals surface area (Å²) < 4.78 is 5.59. The average molecular weight is 306 g/mol. The van der Waals surface area contributed by atoms with Crippen LogP contribution in [0.25, 0.3) is 11.1 Å². The summed E-state index contributed by atoms with van der Waals surface area (Å²) in [6.45, 7) is 0.229. The zero-order valence-corrected chi connectivity index (χ0v) is 12.3. The predicted octanol–water partition coefficient (Wildman–Crippen LogP) is 4.24. The number of nitro groups is 1. The number of ether oxygens (including phenoxy) is 1. The van der Waals surface area contributed by atoms with E-state index in [2.05, 4.69) is 4.98 Å². The molecule has 0 unspecified atom stereocenters. The molecule has 23 heavy (non-hydrogen) atoms. The van der Waals surface area contributed by atoms with E-state index >= 15 is 0 Å². The smallest absolute Gasteiger partial charge is 0.338 e. The third kappa shape index (κ3) is 3.35. The lowest BCUT2D eigenvalue weighted by molar-refractivity contribution is -0.385. The standard InChI is InChI=1S/C18H14N2O3/c21-20(22)17-16(15-9-5-2-6-10-15)11-12-19-18(17)23-13-14-7-3-1-4-8-14/h1-12H,13H2. The molecule has 1 aromatic heterocycles. The van der Waals surface area contributed by atoms with Crippen LogP contribution in [0.4, 0.5) is 5.69 Å². The Kier molecular flexibility index (Phi) is 4.29. The summed E-state index contributed by atoms with van der Waals surface area (Å²) >= 11 is 0. The van der Waals surface area contributed by atoms with E-state index in [1.807, 2.05) is 60.7 Å². The molecule has 0 saturated heterocycles. The van der Waals surface area contributed by atoms with Crippen molar-refractivity contribution in [3.63, 3.8) is 0 Å². The van der Waals surface area contributed by atoms with Crippen molar-refractivity contribution in [2.45, 2.75) is 6.61 Å². The summed E-state index contributed by atoms with van der Waals surface area (Å²) in [7, 11) is 0. The summed E-state index contributed by atoms with van der Waals surface area (Å²) in [5.74, 6) is 0.0280. The minimum atomic E-state index is -0.449. The van der Waals surface area contributed by atoms with Gasteiger partial charge < -0.3 is 4.74 Å². The highest BCUT2D eigenvalue weighted by atomic mass is 16.6. The van der Waals surface area contributed by atoms with Crippen molar-refractivity contribution in [1.82, 2.24) is 4.98 Å². The Bertz CT molecular complexity index is 805. The molecule has 0 saturated carbocycles. The first-order chi connectivity index (χ1) is 11.3. The van der Waals surface area contributed by atoms with Crippen molar-refractivity contribution in [3.05, 3.63) is 88.6 Å². The Morgan fingerprint density at radius 2 is 1.61 bits per heavy atom. The Balaban J connectivity index is 1.96. The summed E-state index contributed by atoms with van der Waals surface area (Å²) in [4.78, 5) is 15.1. The molecule has 0 N–H and O–H groups in total. The van der Waals surface area contributed by atoms with Crippen molar-refractivity contribution in [2.24, 2.45) is 0 Å². The van der Waals surface area contributed by atoms with E-state index < -0.39 is 4.92 Å². The van der Waals surface area contributed by atoms with E-state index in [1.165, 1.54) is 6.20 Å². The van der Waals surface area contributed by atoms with Gasteiger partial charge in [-0.15, -0.1) is 0 Å². The molecule has 2 aromatic carbocycles. The number of hydrogen-bond donors (Lipinski definition) is 0. The molecule has 0 atom stereocenters. The number of pyridine rings is 1. The maximum Gasteiger partial charge on any atom is 0.338 e. The highest BCUT2D eigenvalue weighted by Gasteiger charge is 2.23. The summed E-state index contributed by atoms with van der Waals surface area (Å²) in [6.07, 6.45) is 1.52. The maximum atomic E-state index is 11.5. The second-order valence-electron chi connectivity index (χ2n) is 4.91. The molecule has 0 radical (unpaired) electrons. The zero-order chi connectivity index (χ0) is 16.1. The molecule has 0 amide bonds. The van der Waals surface area contributed by atoms with Crippen molar-refractivity contribution in [1.29, 1.82) is 0 Å². The zero-order valence-electron chi connectivity index (χ0n) is 12.3. The van der Waals surface area contributed by atoms with Crippen molar-refractivity contribution < 1.29 is 9.66 Å². The fourth-order valence-corrected chi connectivity index (χ4v) is 2.29. The van der Waals surface area contributed by atoms with Gasteiger partial charge in [0.05, 0.1) is 10.5 Å². The fraction of sp³-hybridized carbons (Fsp3) is 0.0556. The quantitative estimate of drug-likeness (QED) is 0.522. The van der Waals surface area contributed by atoms with Crippen LogP contribution in [0.5, 0.6) is 5.88 Å². The van der Waals surface area contributed by atoms with Crippen LogP contribution < -0.4 is 4.74 Å². The van der Waals surface area contributed by atoms with E-state index in [4.69, 9.17) is 4.74 Å². The van der Waals surface area contributed by atoms with Gasteiger partial charge in [0.25, 0.3) is 5.88 Å². The van der Waals surface area contributed by atoms with Gasteiger partial charge >= 0.3 is 5.69 Å². The molecule has 5 nitrogen and oxygen atoms in total. The van der Waals surface area contributed by atoms with Gasteiger partial charge in [0.15, 0.2) is 0 Å². The molecule has 5 heteroatoms. The summed E-state index contributed by atoms with van der Waals surface area (Å²) in [5, 5.41) is 11.5. The van der Waals surface area contributed by atoms with Gasteiger partial charge in [-0.25, -0.2) is 4.98 Å². The Morgan fingerprint density at radius 1 is 0.957 bits per heavy atom. The third-order valence-electron chi connectivity index (χ3n) is 3.38. The van der Waals surface area contributed by atoms with Crippen LogP contribution in [0.2, 0.25) is 0 Å². The number of aromatic nitrogens is 1. The molecule has 1 heterocycles. The van der Waals surface area contributed by atoms with Crippen molar-refractivity contribution in [2.75, 3.05) is 0 Å². The maximum absolute atomic E-state index is 11.5. The normalized spacial score (nSPS) is 10.3. The number of nitrogens with zero attached hydrogens (tertiary/aromatic N) is 2. The van der Waals surface area contributed by atoms with Gasteiger partial charge in [-0.1, -0.05) is 60.7 Å². The Morgan fingerprint density at radius 3 is 2.26 bits per heavy atom. The molecule has 3 rings (SSSR count). The third-order valence-corrected chi connectivity index (χ3v) is 3.38. The van der Waals surface area contributed by atoms with Crippen LogP contribution in [0.3, 0.4) is 0 Å². The van der Waals surface area contributed by atoms with Crippen molar-refractivity contribution >= 4 is 5.69 Å². The average Bonchev–Trinajstić information content (AvgIpc) is 2.61. The molecule has 0 aliphatic rings. The van der Waals surface area contributed by atoms with Gasteiger partial charge in [0.2, 0.25) is 0 Å². The lowest BCUT2D eigenvalue weighted by Gasteiger charge is -2.09. The highest BCUT2D eigenvalue weighted by Crippen LogP contribution is 2.36. The first-order valence-electron chi connectivity index (χ1n) is 7.11. The minimum Gasteiger partial charge on any atom is -0.468 e. The van der Waals surface area contributed by atoms with Crippen LogP contribution >= 0.6 is 0 Å². The van der Waals surface area contributed by atoms with E-state index in [1.54, 1.807) is 6.07 Å². The van der Waals surface area contributed by atoms with E-state index in [9.17, 15) is 10.1 Å². The fourth-order valence-electron chi connectivity index (χ4n) is 2.29. The minimum absolute atomic E-state index is 0.0280. The monoisotopic (exact) mass is 306 g/mol. The summed E-state index contributed by atoms with van der Waals surface area (Å²) in [5.41, 5.74) is 2.06. The Labute approximate surface area is 133 Å². The molecule has 0 spiro atoms. The SMILES string of the molecule is O=[N+]([O-])c1c(-c2ccccc2)ccnc1OCc1ccccc1. The van der Waals surface area contributed by atoms with Gasteiger partial charge in [0, 0.05) is 6.20 Å². The lowest BCUT2D eigenvalue weighted by Crippen LogP contribution is -2.02. The van der Waals surface area contributed by atoms with Gasteiger partial charge in [-0.05, 0) is 17.2 Å². The lowest BCUT2D eigenvalue weighted by atomic mass is 10.1. The first-order valence-corrected chi connectivity index (χ1v) is 7.11. The van der Waals surface area contributed by atoms with E-state index in [0.717, 1.165) is 11.1 Å². The van der Waals surface area contributed by atoms with Gasteiger partial charge in [0.1, 0.15) is 6.61 Å². The first kappa shape index (κ1) is 14.7. The Hall–Kier alpha value is -3.21. The van der Waals surface area contributed by atoms with Crippen LogP contribution in [0.1, 0.15) is 5.56 Å². The van der Waals surface area contributed by atoms with Gasteiger partial charge in [-0.3, -0.25) is 10.1 Å². The molecule has 0 bridgehead atoms. The second kappa shape index (κ2) is 6.70. The molecule has 3 aromatic rings. The summed E-state index contributed by atoms with van der Waals surface area (Å²) in [6, 6.07) is 20.3. The number of rotatable bonds is 5. The molecular formula is C18H14N2O3. The van der Waals surface area contributed by atoms with Crippen LogP contribution in [0, 0.1) is 10.1 Å². The number of hydrogen-bond acceptors (Lipinski definition) is 4. The topological polar surface area (TPSA) is 65.3 Å². The number of benzene rings is 2. The van der Waals surface area contributed by atoms with Gasteiger partial charge in [-0.2, -0.15) is 0 Å². The molecule has 114 valence electrons. The molecule has 0 fully saturated rings. The van der Waals surface area contributed by atoms with Crippen LogP contribution in [-0.2, 0) is 6.61 Å². The predicted molar refractivity (Wildman–Crippen MR) is 87.1 cm³/mol. The molecule has 0 aliphatic heterocycles. The molecule has 0 aliphatic carbocycles. The molecular weight excluding hydrogens is 292 g/mol. The van der Waals surface area contributed by atoms with Crippen LogP contribution in [0.15, 0.2) is 72.9 Å². The highest BCUT2D eigenvalue weighted by molar-refractivity contribution is 5.75. The van der Waals surface area contributed by atoms with E-state index in [0.29, 0.717) is 5.56 Å². The van der Waals surface area contributed by atoms with Crippen LogP contribution in [-0.4, -0.2) is 9.91 Å². The van der Waals surface area contributed by atoms with Crippen molar-refractivity contribution in [3.8, 4) is 17.0 Å². The second-order valence-corrected chi connectivity index (χ2v) is 4.91. The largest absolute Gasteiger partial charge is 0.468 e.